The second-order valence-electron chi connectivity index (χ2n) is 7.64. The molecule has 1 unspecified atom stereocenters. The van der Waals surface area contributed by atoms with Crippen LogP contribution in [0, 0.1) is 0 Å². The molecule has 4 heteroatoms. The molecule has 5 rings (SSSR count). The normalized spacial score (nSPS) is 16.6. The van der Waals surface area contributed by atoms with Crippen LogP contribution in [0.25, 0.3) is 32.8 Å². The molecule has 0 saturated carbocycles. The lowest BCUT2D eigenvalue weighted by Gasteiger charge is -2.16. The van der Waals surface area contributed by atoms with E-state index in [0.29, 0.717) is 6.54 Å². The number of benzene rings is 3. The number of rotatable bonds is 3. The first kappa shape index (κ1) is 17.6. The lowest BCUT2D eigenvalue weighted by molar-refractivity contribution is -0.125. The van der Waals surface area contributed by atoms with Gasteiger partial charge < -0.3 is 14.6 Å². The minimum atomic E-state index is 0.00186. The number of carbonyl (C=O) groups is 1. The van der Waals surface area contributed by atoms with Crippen LogP contribution < -0.4 is 0 Å². The highest BCUT2D eigenvalue weighted by Gasteiger charge is 2.26. The Labute approximate surface area is 169 Å². The molecule has 1 N–H and O–H groups in total. The first-order valence-electron chi connectivity index (χ1n) is 9.88. The third-order valence-corrected chi connectivity index (χ3v) is 5.92. The Morgan fingerprint density at radius 1 is 1.07 bits per heavy atom. The van der Waals surface area contributed by atoms with Gasteiger partial charge in [0.1, 0.15) is 5.75 Å². The van der Waals surface area contributed by atoms with Gasteiger partial charge in [-0.1, -0.05) is 36.9 Å². The number of likely N-dealkylation sites (tertiary alicyclic amines) is 1. The third kappa shape index (κ3) is 2.97. The van der Waals surface area contributed by atoms with E-state index in [1.165, 1.54) is 6.08 Å². The van der Waals surface area contributed by atoms with Gasteiger partial charge in [-0.2, -0.15) is 0 Å². The predicted octanol–water partition coefficient (Wildman–Crippen LogP) is 5.13. The second kappa shape index (κ2) is 6.82. The Balaban J connectivity index is 1.54. The average Bonchev–Trinajstić information content (AvgIpc) is 3.39. The summed E-state index contributed by atoms with van der Waals surface area (Å²) in [6.45, 7) is 5.08. The number of carbonyl (C=O) groups excluding carboxylic acids is 1. The fraction of sp³-hybridized carbons (Fsp3) is 0.160. The van der Waals surface area contributed by atoms with Crippen molar-refractivity contribution in [2.75, 3.05) is 13.1 Å². The SMILES string of the molecule is C=CC(=O)N1CCC(n2ccc3cc(-c4cc(O)cc5ccccc45)ccc32)C1. The van der Waals surface area contributed by atoms with Crippen molar-refractivity contribution in [3.63, 3.8) is 0 Å². The van der Waals surface area contributed by atoms with E-state index in [1.54, 1.807) is 6.07 Å². The summed E-state index contributed by atoms with van der Waals surface area (Å²) in [6.07, 6.45) is 4.45. The zero-order valence-electron chi connectivity index (χ0n) is 16.1. The molecule has 0 radical (unpaired) electrons. The number of hydrogen-bond donors (Lipinski definition) is 1. The van der Waals surface area contributed by atoms with Gasteiger partial charge in [-0.25, -0.2) is 0 Å². The Hall–Kier alpha value is -3.53. The van der Waals surface area contributed by atoms with Crippen LogP contribution in [0.3, 0.4) is 0 Å². The first-order valence-corrected chi connectivity index (χ1v) is 9.88. The summed E-state index contributed by atoms with van der Waals surface area (Å²) < 4.78 is 2.27. The number of fused-ring (bicyclic) bond motifs is 2. The van der Waals surface area contributed by atoms with E-state index < -0.39 is 0 Å². The second-order valence-corrected chi connectivity index (χ2v) is 7.64. The zero-order chi connectivity index (χ0) is 20.0. The number of phenolic OH excluding ortho intramolecular Hbond substituents is 1. The van der Waals surface area contributed by atoms with Gasteiger partial charge >= 0.3 is 0 Å². The minimum absolute atomic E-state index is 0.00186. The summed E-state index contributed by atoms with van der Waals surface area (Å²) >= 11 is 0. The molecule has 1 amide bonds. The summed E-state index contributed by atoms with van der Waals surface area (Å²) in [4.78, 5) is 13.8. The van der Waals surface area contributed by atoms with Crippen molar-refractivity contribution in [1.29, 1.82) is 0 Å². The highest BCUT2D eigenvalue weighted by molar-refractivity contribution is 5.99. The minimum Gasteiger partial charge on any atom is -0.508 e. The van der Waals surface area contributed by atoms with Gasteiger partial charge in [-0.3, -0.25) is 4.79 Å². The van der Waals surface area contributed by atoms with Crippen molar-refractivity contribution in [2.24, 2.45) is 0 Å². The summed E-state index contributed by atoms with van der Waals surface area (Å²) in [5.74, 6) is 0.274. The molecule has 4 aromatic rings. The van der Waals surface area contributed by atoms with Crippen LogP contribution in [0.4, 0.5) is 0 Å². The summed E-state index contributed by atoms with van der Waals surface area (Å²) in [7, 11) is 0. The smallest absolute Gasteiger partial charge is 0.246 e. The molecule has 4 nitrogen and oxygen atoms in total. The van der Waals surface area contributed by atoms with Crippen molar-refractivity contribution < 1.29 is 9.90 Å². The molecule has 0 spiro atoms. The lowest BCUT2D eigenvalue weighted by atomic mass is 9.97. The molecule has 1 aliphatic rings. The van der Waals surface area contributed by atoms with Gasteiger partial charge in [0.2, 0.25) is 5.91 Å². The van der Waals surface area contributed by atoms with Crippen molar-refractivity contribution in [3.05, 3.63) is 79.5 Å². The van der Waals surface area contributed by atoms with Gasteiger partial charge in [0.25, 0.3) is 0 Å². The Morgan fingerprint density at radius 3 is 2.79 bits per heavy atom. The predicted molar refractivity (Wildman–Crippen MR) is 117 cm³/mol. The monoisotopic (exact) mass is 382 g/mol. The largest absolute Gasteiger partial charge is 0.508 e. The van der Waals surface area contributed by atoms with E-state index in [1.807, 2.05) is 29.2 Å². The van der Waals surface area contributed by atoms with Crippen LogP contribution in [0.15, 0.2) is 79.5 Å². The highest BCUT2D eigenvalue weighted by atomic mass is 16.3. The molecule has 3 aromatic carbocycles. The molecule has 1 aliphatic heterocycles. The van der Waals surface area contributed by atoms with Crippen LogP contribution in [0.2, 0.25) is 0 Å². The quantitative estimate of drug-likeness (QED) is 0.500. The zero-order valence-corrected chi connectivity index (χ0v) is 16.1. The number of phenols is 1. The number of aromatic hydroxyl groups is 1. The van der Waals surface area contributed by atoms with E-state index in [0.717, 1.165) is 45.8 Å². The Bertz CT molecular complexity index is 1250. The molecule has 29 heavy (non-hydrogen) atoms. The number of nitrogens with zero attached hydrogens (tertiary/aromatic N) is 2. The highest BCUT2D eigenvalue weighted by Crippen LogP contribution is 2.35. The molecule has 2 heterocycles. The summed E-state index contributed by atoms with van der Waals surface area (Å²) in [6, 6.07) is 20.6. The van der Waals surface area contributed by atoms with Crippen molar-refractivity contribution in [3.8, 4) is 16.9 Å². The summed E-state index contributed by atoms with van der Waals surface area (Å²) in [5, 5.41) is 13.5. The maximum atomic E-state index is 11.9. The molecular formula is C25H22N2O2. The van der Waals surface area contributed by atoms with E-state index in [2.05, 4.69) is 47.7 Å². The van der Waals surface area contributed by atoms with Gasteiger partial charge in [0, 0.05) is 30.2 Å². The van der Waals surface area contributed by atoms with Crippen LogP contribution in [-0.4, -0.2) is 33.6 Å². The van der Waals surface area contributed by atoms with Crippen LogP contribution in [0.1, 0.15) is 12.5 Å². The number of hydrogen-bond acceptors (Lipinski definition) is 2. The standard InChI is InChI=1S/C25H22N2O2/c1-2-25(29)26-11-10-20(16-26)27-12-9-19-13-18(7-8-24(19)27)23-15-21(28)14-17-5-3-4-6-22(17)23/h2-9,12-15,20,28H,1,10-11,16H2. The van der Waals surface area contributed by atoms with Crippen molar-refractivity contribution >= 4 is 27.6 Å². The van der Waals surface area contributed by atoms with Crippen molar-refractivity contribution in [2.45, 2.75) is 12.5 Å². The van der Waals surface area contributed by atoms with Crippen molar-refractivity contribution in [1.82, 2.24) is 9.47 Å². The number of amides is 1. The van der Waals surface area contributed by atoms with E-state index >= 15 is 0 Å². The number of aromatic nitrogens is 1. The van der Waals surface area contributed by atoms with E-state index in [9.17, 15) is 9.90 Å². The molecule has 1 saturated heterocycles. The van der Waals surface area contributed by atoms with Gasteiger partial charge in [-0.15, -0.1) is 0 Å². The van der Waals surface area contributed by atoms with Gasteiger partial charge in [-0.05, 0) is 64.7 Å². The maximum Gasteiger partial charge on any atom is 0.246 e. The van der Waals surface area contributed by atoms with Crippen LogP contribution in [-0.2, 0) is 4.79 Å². The average molecular weight is 382 g/mol. The fourth-order valence-electron chi connectivity index (χ4n) is 4.48. The van der Waals surface area contributed by atoms with Crippen LogP contribution in [0.5, 0.6) is 5.75 Å². The fourth-order valence-corrected chi connectivity index (χ4v) is 4.48. The third-order valence-electron chi connectivity index (χ3n) is 5.92. The lowest BCUT2D eigenvalue weighted by Crippen LogP contribution is -2.27. The molecular weight excluding hydrogens is 360 g/mol. The summed E-state index contributed by atoms with van der Waals surface area (Å²) in [5.41, 5.74) is 3.27. The van der Waals surface area contributed by atoms with Gasteiger partial charge in [0.05, 0.1) is 6.04 Å². The molecule has 144 valence electrons. The topological polar surface area (TPSA) is 45.5 Å². The van der Waals surface area contributed by atoms with Crippen LogP contribution >= 0.6 is 0 Å². The maximum absolute atomic E-state index is 11.9. The Morgan fingerprint density at radius 2 is 1.93 bits per heavy atom. The Kier molecular flexibility index (Phi) is 4.13. The van der Waals surface area contributed by atoms with E-state index in [-0.39, 0.29) is 17.7 Å². The first-order chi connectivity index (χ1) is 14.1. The molecule has 0 aliphatic carbocycles. The van der Waals surface area contributed by atoms with E-state index in [4.69, 9.17) is 0 Å². The molecule has 1 aromatic heterocycles. The van der Waals surface area contributed by atoms with Gasteiger partial charge in [0.15, 0.2) is 0 Å². The molecule has 1 fully saturated rings. The molecule has 1 atom stereocenters. The molecule has 0 bridgehead atoms.